The minimum Gasteiger partial charge on any atom is -0.354 e. The smallest absolute Gasteiger partial charge is 0.246 e. The number of nitrogens with two attached hydrogens (primary N) is 1. The molecule has 48 heavy (non-hydrogen) atoms. The van der Waals surface area contributed by atoms with Crippen molar-refractivity contribution in [1.82, 2.24) is 15.1 Å². The lowest BCUT2D eigenvalue weighted by Crippen LogP contribution is -2.56. The molecule has 0 spiro atoms. The molecule has 3 amide bonds. The zero-order valence-electron chi connectivity index (χ0n) is 27.8. The van der Waals surface area contributed by atoms with E-state index in [1.807, 2.05) is 72.8 Å². The molecule has 1 fully saturated rings. The Morgan fingerprint density at radius 3 is 2.15 bits per heavy atom. The van der Waals surface area contributed by atoms with Crippen molar-refractivity contribution in [1.29, 1.82) is 0 Å². The number of likely N-dealkylation sites (N-methyl/N-ethyl adjacent to an activating group) is 2. The molecule has 250 valence electrons. The normalized spacial score (nSPS) is 15.0. The summed E-state index contributed by atoms with van der Waals surface area (Å²) in [7, 11) is 3.23. The molecule has 7 nitrogen and oxygen atoms in total. The van der Waals surface area contributed by atoms with Crippen LogP contribution < -0.4 is 11.1 Å². The third-order valence-electron chi connectivity index (χ3n) is 9.49. The largest absolute Gasteiger partial charge is 0.354 e. The molecule has 4 aromatic rings. The van der Waals surface area contributed by atoms with Gasteiger partial charge in [0, 0.05) is 39.0 Å². The van der Waals surface area contributed by atoms with Gasteiger partial charge in [0.2, 0.25) is 17.7 Å². The maximum absolute atomic E-state index is 14.5. The van der Waals surface area contributed by atoms with Gasteiger partial charge >= 0.3 is 0 Å². The zero-order chi connectivity index (χ0) is 34.1. The number of nitrogens with one attached hydrogen (secondary N) is 1. The zero-order valence-corrected chi connectivity index (χ0v) is 27.8. The lowest BCUT2D eigenvalue weighted by atomic mass is 9.75. The SMILES string of the molecule is CN(C(=O)C=CCC1(N)CCC1)[C@H](Cc1ccc2ccccc2c1)C(=O)N(C)[C@H](Cc1ccc(F)cc1)C(=O)NCCc1ccccc1. The van der Waals surface area contributed by atoms with Crippen molar-refractivity contribution in [2.75, 3.05) is 20.6 Å². The minimum atomic E-state index is -0.896. The van der Waals surface area contributed by atoms with E-state index in [4.69, 9.17) is 5.73 Å². The summed E-state index contributed by atoms with van der Waals surface area (Å²) < 4.78 is 13.8. The fraction of sp³-hybridized carbons (Fsp3) is 0.325. The quantitative estimate of drug-likeness (QED) is 0.174. The lowest BCUT2D eigenvalue weighted by molar-refractivity contribution is -0.146. The minimum absolute atomic E-state index is 0.179. The molecule has 1 aliphatic rings. The van der Waals surface area contributed by atoms with Gasteiger partial charge in [-0.15, -0.1) is 0 Å². The summed E-state index contributed by atoms with van der Waals surface area (Å²) in [6.07, 6.45) is 7.91. The van der Waals surface area contributed by atoms with Gasteiger partial charge in [-0.2, -0.15) is 0 Å². The van der Waals surface area contributed by atoms with Gasteiger partial charge in [-0.3, -0.25) is 14.4 Å². The van der Waals surface area contributed by atoms with Gasteiger partial charge in [0.1, 0.15) is 17.9 Å². The van der Waals surface area contributed by atoms with Crippen molar-refractivity contribution in [3.05, 3.63) is 132 Å². The van der Waals surface area contributed by atoms with Crippen molar-refractivity contribution in [2.45, 2.75) is 62.6 Å². The molecule has 0 unspecified atom stereocenters. The summed E-state index contributed by atoms with van der Waals surface area (Å²) in [6.45, 7) is 0.386. The number of hydrogen-bond acceptors (Lipinski definition) is 4. The summed E-state index contributed by atoms with van der Waals surface area (Å²) >= 11 is 0. The molecule has 0 radical (unpaired) electrons. The van der Waals surface area contributed by atoms with Crippen molar-refractivity contribution in [3.63, 3.8) is 0 Å². The molecule has 2 atom stereocenters. The summed E-state index contributed by atoms with van der Waals surface area (Å²) in [4.78, 5) is 44.7. The van der Waals surface area contributed by atoms with Crippen LogP contribution in [0.25, 0.3) is 10.8 Å². The molecule has 1 saturated carbocycles. The van der Waals surface area contributed by atoms with E-state index >= 15 is 0 Å². The first kappa shape index (κ1) is 34.5. The number of benzene rings is 4. The highest BCUT2D eigenvalue weighted by Crippen LogP contribution is 2.32. The molecular weight excluding hydrogens is 603 g/mol. The first-order chi connectivity index (χ1) is 23.1. The van der Waals surface area contributed by atoms with E-state index in [-0.39, 0.29) is 41.9 Å². The number of nitrogens with zero attached hydrogens (tertiary/aromatic N) is 2. The van der Waals surface area contributed by atoms with Crippen molar-refractivity contribution < 1.29 is 18.8 Å². The van der Waals surface area contributed by atoms with Crippen LogP contribution >= 0.6 is 0 Å². The topological polar surface area (TPSA) is 95.7 Å². The Labute approximate surface area is 282 Å². The molecule has 5 rings (SSSR count). The lowest BCUT2D eigenvalue weighted by Gasteiger charge is -2.37. The second kappa shape index (κ2) is 15.8. The van der Waals surface area contributed by atoms with E-state index in [9.17, 15) is 18.8 Å². The van der Waals surface area contributed by atoms with E-state index in [0.29, 0.717) is 24.9 Å². The summed E-state index contributed by atoms with van der Waals surface area (Å²) in [6, 6.07) is 28.0. The van der Waals surface area contributed by atoms with Crippen LogP contribution in [-0.2, 0) is 33.6 Å². The second-order valence-corrected chi connectivity index (χ2v) is 13.0. The Morgan fingerprint density at radius 1 is 0.812 bits per heavy atom. The first-order valence-electron chi connectivity index (χ1n) is 16.6. The van der Waals surface area contributed by atoms with Crippen molar-refractivity contribution >= 4 is 28.5 Å². The number of carbonyl (C=O) groups excluding carboxylic acids is 3. The van der Waals surface area contributed by atoms with Gasteiger partial charge < -0.3 is 20.9 Å². The number of fused-ring (bicyclic) bond motifs is 1. The van der Waals surface area contributed by atoms with Gasteiger partial charge in [-0.25, -0.2) is 4.39 Å². The Hall–Kier alpha value is -4.82. The predicted molar refractivity (Wildman–Crippen MR) is 189 cm³/mol. The van der Waals surface area contributed by atoms with Crippen LogP contribution in [-0.4, -0.2) is 65.8 Å². The average Bonchev–Trinajstić information content (AvgIpc) is 3.09. The molecule has 0 aliphatic heterocycles. The molecule has 3 N–H and O–H groups in total. The highest BCUT2D eigenvalue weighted by Gasteiger charge is 2.35. The number of hydrogen-bond donors (Lipinski definition) is 2. The van der Waals surface area contributed by atoms with Gasteiger partial charge in [-0.05, 0) is 77.8 Å². The van der Waals surface area contributed by atoms with Crippen LogP contribution in [0.3, 0.4) is 0 Å². The van der Waals surface area contributed by atoms with E-state index in [0.717, 1.165) is 41.2 Å². The van der Waals surface area contributed by atoms with E-state index in [1.54, 1.807) is 32.3 Å². The molecule has 1 aliphatic carbocycles. The molecule has 0 saturated heterocycles. The molecule has 4 aromatic carbocycles. The third-order valence-corrected chi connectivity index (χ3v) is 9.49. The molecule has 0 bridgehead atoms. The number of halogens is 1. The standard InChI is InChI=1S/C40H45FN4O3/c1-44(37(46)14-8-22-40(42)23-9-24-40)36(28-31-15-18-32-12-6-7-13-33(32)26-31)39(48)45(2)35(27-30-16-19-34(41)20-17-30)38(47)43-25-21-29-10-4-3-5-11-29/h3-8,10-20,26,35-36H,9,21-25,27-28,42H2,1-2H3,(H,43,47)/t35-,36-/m1/s1. The highest BCUT2D eigenvalue weighted by atomic mass is 19.1. The van der Waals surface area contributed by atoms with Gasteiger partial charge in [-0.1, -0.05) is 91.0 Å². The van der Waals surface area contributed by atoms with Gasteiger partial charge in [0.05, 0.1) is 0 Å². The number of amides is 3. The Morgan fingerprint density at radius 2 is 1.46 bits per heavy atom. The number of carbonyl (C=O) groups is 3. The Kier molecular flexibility index (Phi) is 11.4. The van der Waals surface area contributed by atoms with Crippen LogP contribution in [0.4, 0.5) is 4.39 Å². The van der Waals surface area contributed by atoms with E-state index < -0.39 is 12.1 Å². The van der Waals surface area contributed by atoms with Gasteiger partial charge in [0.25, 0.3) is 0 Å². The van der Waals surface area contributed by atoms with Gasteiger partial charge in [0.15, 0.2) is 0 Å². The van der Waals surface area contributed by atoms with Crippen LogP contribution in [0.15, 0.2) is 109 Å². The third kappa shape index (κ3) is 8.95. The van der Waals surface area contributed by atoms with Crippen LogP contribution in [0, 0.1) is 5.82 Å². The first-order valence-corrected chi connectivity index (χ1v) is 16.6. The maximum Gasteiger partial charge on any atom is 0.246 e. The molecule has 0 aromatic heterocycles. The summed E-state index contributed by atoms with van der Waals surface area (Å²) in [5, 5.41) is 5.11. The fourth-order valence-corrected chi connectivity index (χ4v) is 6.21. The average molecular weight is 649 g/mol. The molecule has 8 heteroatoms. The Bertz CT molecular complexity index is 1740. The van der Waals surface area contributed by atoms with E-state index in [1.165, 1.54) is 28.0 Å². The molecular formula is C40H45FN4O3. The Balaban J connectivity index is 1.39. The van der Waals surface area contributed by atoms with Crippen LogP contribution in [0.2, 0.25) is 0 Å². The van der Waals surface area contributed by atoms with E-state index in [2.05, 4.69) is 5.32 Å². The maximum atomic E-state index is 14.5. The fourth-order valence-electron chi connectivity index (χ4n) is 6.21. The van der Waals surface area contributed by atoms with Crippen molar-refractivity contribution in [3.8, 4) is 0 Å². The molecule has 0 heterocycles. The van der Waals surface area contributed by atoms with Crippen molar-refractivity contribution in [2.24, 2.45) is 5.73 Å². The monoisotopic (exact) mass is 648 g/mol. The second-order valence-electron chi connectivity index (χ2n) is 13.0. The van der Waals surface area contributed by atoms with Crippen LogP contribution in [0.5, 0.6) is 0 Å². The number of rotatable bonds is 14. The van der Waals surface area contributed by atoms with Crippen LogP contribution in [0.1, 0.15) is 42.4 Å². The highest BCUT2D eigenvalue weighted by molar-refractivity contribution is 5.95. The summed E-state index contributed by atoms with van der Waals surface area (Å²) in [5.41, 5.74) is 8.78. The predicted octanol–water partition coefficient (Wildman–Crippen LogP) is 5.60. The summed E-state index contributed by atoms with van der Waals surface area (Å²) in [5.74, 6) is -1.38.